The van der Waals surface area contributed by atoms with E-state index in [2.05, 4.69) is 0 Å². The van der Waals surface area contributed by atoms with Crippen molar-refractivity contribution in [2.45, 2.75) is 32.1 Å². The summed E-state index contributed by atoms with van der Waals surface area (Å²) in [5, 5.41) is 32.7. The number of hydrogen-bond donors (Lipinski definition) is 2. The third-order valence-corrected chi connectivity index (χ3v) is 7.32. The molecular formula is C29H24ClN3O4. The summed E-state index contributed by atoms with van der Waals surface area (Å²) in [4.78, 5) is 26.0. The molecule has 3 aromatic rings. The normalized spacial score (nSPS) is 19.1. The second kappa shape index (κ2) is 9.67. The molecule has 0 saturated carbocycles. The number of non-ortho nitro benzene ring substituents is 1. The van der Waals surface area contributed by atoms with Crippen molar-refractivity contribution in [1.82, 2.24) is 0 Å². The molecule has 5 rings (SSSR count). The second-order valence-electron chi connectivity index (χ2n) is 9.16. The van der Waals surface area contributed by atoms with E-state index in [-0.39, 0.29) is 28.6 Å². The number of amidine groups is 1. The van der Waals surface area contributed by atoms with E-state index in [1.54, 1.807) is 47.4 Å². The number of halogens is 1. The van der Waals surface area contributed by atoms with Crippen LogP contribution >= 0.6 is 11.6 Å². The Balaban J connectivity index is 1.81. The monoisotopic (exact) mass is 513 g/mol. The summed E-state index contributed by atoms with van der Waals surface area (Å²) in [6, 6.07) is 20.3. The molecule has 1 aliphatic heterocycles. The molecule has 0 bridgehead atoms. The predicted octanol–water partition coefficient (Wildman–Crippen LogP) is 7.11. The lowest BCUT2D eigenvalue weighted by Gasteiger charge is -2.42. The summed E-state index contributed by atoms with van der Waals surface area (Å²) in [6.07, 6.45) is 1.55. The van der Waals surface area contributed by atoms with Crippen molar-refractivity contribution >= 4 is 40.4 Å². The molecule has 1 atom stereocenters. The molecule has 0 spiro atoms. The molecule has 0 radical (unpaired) electrons. The van der Waals surface area contributed by atoms with E-state index in [9.17, 15) is 25.4 Å². The molecule has 0 unspecified atom stereocenters. The lowest BCUT2D eigenvalue weighted by molar-refractivity contribution is -0.384. The number of hydrogen-bond acceptors (Lipinski definition) is 5. The number of carbonyl (C=O) groups is 1. The largest absolute Gasteiger partial charge is 0.507 e. The number of anilines is 1. The zero-order valence-electron chi connectivity index (χ0n) is 20.1. The Morgan fingerprint density at radius 1 is 1.08 bits per heavy atom. The number of allylic oxidation sites excluding steroid dienone is 2. The molecule has 0 fully saturated rings. The number of nitrogens with one attached hydrogen (secondary N) is 1. The maximum Gasteiger partial charge on any atom is 0.269 e. The third kappa shape index (κ3) is 4.32. The minimum Gasteiger partial charge on any atom is -0.507 e. The van der Waals surface area contributed by atoms with E-state index in [0.29, 0.717) is 52.4 Å². The summed E-state index contributed by atoms with van der Waals surface area (Å²) < 4.78 is 0. The zero-order chi connectivity index (χ0) is 26.3. The van der Waals surface area contributed by atoms with Gasteiger partial charge in [-0.25, -0.2) is 0 Å². The molecule has 0 amide bonds. The molecule has 2 N–H and O–H groups in total. The quantitative estimate of drug-likeness (QED) is 0.219. The van der Waals surface area contributed by atoms with Crippen LogP contribution in [0.4, 0.5) is 11.4 Å². The molecule has 8 heteroatoms. The highest BCUT2D eigenvalue weighted by Gasteiger charge is 2.43. The van der Waals surface area contributed by atoms with Gasteiger partial charge >= 0.3 is 0 Å². The number of aliphatic hydroxyl groups is 1. The Morgan fingerprint density at radius 3 is 2.43 bits per heavy atom. The van der Waals surface area contributed by atoms with Gasteiger partial charge in [0.15, 0.2) is 5.78 Å². The molecule has 37 heavy (non-hydrogen) atoms. The van der Waals surface area contributed by atoms with Crippen molar-refractivity contribution in [3.05, 3.63) is 121 Å². The van der Waals surface area contributed by atoms with E-state index >= 15 is 0 Å². The van der Waals surface area contributed by atoms with Crippen LogP contribution in [-0.4, -0.2) is 21.6 Å². The van der Waals surface area contributed by atoms with Gasteiger partial charge < -0.3 is 5.11 Å². The summed E-state index contributed by atoms with van der Waals surface area (Å²) in [5.74, 6) is -0.924. The van der Waals surface area contributed by atoms with Gasteiger partial charge in [0.05, 0.1) is 4.92 Å². The summed E-state index contributed by atoms with van der Waals surface area (Å²) >= 11 is 6.45. The number of aliphatic hydroxyl groups excluding tert-OH is 1. The fraction of sp³-hybridized carbons (Fsp3) is 0.172. The van der Waals surface area contributed by atoms with E-state index in [1.807, 2.05) is 25.1 Å². The predicted molar refractivity (Wildman–Crippen MR) is 144 cm³/mol. The van der Waals surface area contributed by atoms with Crippen molar-refractivity contribution in [3.63, 3.8) is 0 Å². The fourth-order valence-electron chi connectivity index (χ4n) is 5.07. The van der Waals surface area contributed by atoms with E-state index in [0.717, 1.165) is 5.56 Å². The maximum absolute atomic E-state index is 13.5. The van der Waals surface area contributed by atoms with Gasteiger partial charge in [0.2, 0.25) is 0 Å². The molecule has 2 aliphatic rings. The first kappa shape index (κ1) is 24.5. The highest BCUT2D eigenvalue weighted by molar-refractivity contribution is 6.32. The van der Waals surface area contributed by atoms with Crippen LogP contribution in [0.2, 0.25) is 5.02 Å². The Labute approximate surface area is 219 Å². The highest BCUT2D eigenvalue weighted by Crippen LogP contribution is 2.48. The minimum absolute atomic E-state index is 0.0260. The lowest BCUT2D eigenvalue weighted by atomic mass is 9.73. The number of nitrogens with zero attached hydrogens (tertiary/aromatic N) is 2. The van der Waals surface area contributed by atoms with Crippen molar-refractivity contribution in [2.75, 3.05) is 4.90 Å². The van der Waals surface area contributed by atoms with E-state index in [1.165, 1.54) is 12.1 Å². The molecule has 3 aromatic carbocycles. The Kier molecular flexibility index (Phi) is 6.39. The fourth-order valence-corrected chi connectivity index (χ4v) is 5.25. The first-order chi connectivity index (χ1) is 17.8. The molecule has 0 saturated heterocycles. The average Bonchev–Trinajstić information content (AvgIpc) is 2.90. The Morgan fingerprint density at radius 2 is 1.78 bits per heavy atom. The highest BCUT2D eigenvalue weighted by atomic mass is 35.5. The second-order valence-corrected chi connectivity index (χ2v) is 9.57. The van der Waals surface area contributed by atoms with Gasteiger partial charge in [-0.15, -0.1) is 0 Å². The van der Waals surface area contributed by atoms with Crippen LogP contribution < -0.4 is 4.90 Å². The zero-order valence-corrected chi connectivity index (χ0v) is 20.8. The van der Waals surface area contributed by atoms with E-state index in [4.69, 9.17) is 11.6 Å². The van der Waals surface area contributed by atoms with Crippen molar-refractivity contribution in [2.24, 2.45) is 0 Å². The number of Topliss-reactive ketones (excluding diaryl/α,β-unsaturated/α-hetero) is 1. The summed E-state index contributed by atoms with van der Waals surface area (Å²) in [6.45, 7) is 1.89. The number of nitro benzene ring substituents is 1. The number of ketones is 1. The van der Waals surface area contributed by atoms with Crippen LogP contribution in [0.3, 0.4) is 0 Å². The van der Waals surface area contributed by atoms with Gasteiger partial charge in [-0.2, -0.15) is 0 Å². The molecule has 1 aliphatic carbocycles. The van der Waals surface area contributed by atoms with Crippen LogP contribution in [0, 0.1) is 22.4 Å². The molecule has 1 heterocycles. The molecule has 7 nitrogen and oxygen atoms in total. The van der Waals surface area contributed by atoms with Crippen LogP contribution in [-0.2, 0) is 4.79 Å². The summed E-state index contributed by atoms with van der Waals surface area (Å²) in [7, 11) is 0. The van der Waals surface area contributed by atoms with Gasteiger partial charge in [-0.3, -0.25) is 25.2 Å². The molecule has 186 valence electrons. The van der Waals surface area contributed by atoms with Crippen LogP contribution in [0.15, 0.2) is 89.6 Å². The van der Waals surface area contributed by atoms with Crippen molar-refractivity contribution in [3.8, 4) is 0 Å². The van der Waals surface area contributed by atoms with Crippen LogP contribution in [0.1, 0.15) is 41.9 Å². The van der Waals surface area contributed by atoms with Gasteiger partial charge in [-0.05, 0) is 43.0 Å². The Bertz CT molecular complexity index is 1490. The third-order valence-electron chi connectivity index (χ3n) is 6.91. The smallest absolute Gasteiger partial charge is 0.269 e. The van der Waals surface area contributed by atoms with Gasteiger partial charge in [-0.1, -0.05) is 60.1 Å². The van der Waals surface area contributed by atoms with Crippen molar-refractivity contribution < 1.29 is 14.8 Å². The minimum atomic E-state index is -0.756. The molecular weight excluding hydrogens is 490 g/mol. The van der Waals surface area contributed by atoms with Crippen LogP contribution in [0.25, 0.3) is 5.76 Å². The standard InChI is InChI=1S/C29H24ClN3O4/c1-17-10-13-21(16-22(17)30)32-23-8-5-9-24(34)26(23)25(18-11-14-20(15-12-18)33(36)37)27(29(32)31)28(35)19-6-3-2-4-7-19/h2-4,6-7,10-16,25,31,35H,5,8-9H2,1H3/b28-27+,31-29?/t25-/m1/s1. The van der Waals surface area contributed by atoms with E-state index < -0.39 is 10.8 Å². The SMILES string of the molecule is Cc1ccc(N2C(=N)/C(=C(/O)c3ccccc3)[C@H](c3ccc([N+](=O)[O-])cc3)C3=C2CCCC3=O)cc1Cl. The van der Waals surface area contributed by atoms with Crippen molar-refractivity contribution in [1.29, 1.82) is 5.41 Å². The number of aryl methyl sites for hydroxylation is 1. The molecule has 0 aromatic heterocycles. The van der Waals surface area contributed by atoms with Gasteiger partial charge in [0, 0.05) is 57.6 Å². The Hall–Kier alpha value is -4.23. The average molecular weight is 514 g/mol. The number of rotatable bonds is 4. The first-order valence-corrected chi connectivity index (χ1v) is 12.3. The number of nitro groups is 1. The summed E-state index contributed by atoms with van der Waals surface area (Å²) in [5.41, 5.74) is 3.97. The van der Waals surface area contributed by atoms with Gasteiger partial charge in [0.1, 0.15) is 11.6 Å². The maximum atomic E-state index is 13.5. The number of benzene rings is 3. The van der Waals surface area contributed by atoms with Gasteiger partial charge in [0.25, 0.3) is 5.69 Å². The van der Waals surface area contributed by atoms with Crippen LogP contribution in [0.5, 0.6) is 0 Å². The lowest BCUT2D eigenvalue weighted by Crippen LogP contribution is -2.42. The topological polar surface area (TPSA) is 108 Å². The first-order valence-electron chi connectivity index (χ1n) is 11.9. The number of carbonyl (C=O) groups excluding carboxylic acids is 1.